The summed E-state index contributed by atoms with van der Waals surface area (Å²) < 4.78 is 22.4. The Hall–Kier alpha value is -0.130. The van der Waals surface area contributed by atoms with Gasteiger partial charge in [0.05, 0.1) is 5.75 Å². The van der Waals surface area contributed by atoms with Crippen LogP contribution in [0, 0.1) is 0 Å². The van der Waals surface area contributed by atoms with Crippen molar-refractivity contribution in [2.45, 2.75) is 44.8 Å². The van der Waals surface area contributed by atoms with Crippen molar-refractivity contribution in [3.63, 3.8) is 0 Å². The molecule has 0 aromatic heterocycles. The Morgan fingerprint density at radius 2 is 2.13 bits per heavy atom. The lowest BCUT2D eigenvalue weighted by Crippen LogP contribution is -2.51. The van der Waals surface area contributed by atoms with E-state index in [1.165, 1.54) is 6.26 Å². The predicted octanol–water partition coefficient (Wildman–Crippen LogP) is 0.231. The number of nitrogens with zero attached hydrogens (tertiary/aromatic N) is 1. The van der Waals surface area contributed by atoms with Gasteiger partial charge in [-0.05, 0) is 26.7 Å². The van der Waals surface area contributed by atoms with Crippen LogP contribution >= 0.6 is 0 Å². The molecule has 2 N–H and O–H groups in total. The van der Waals surface area contributed by atoms with Gasteiger partial charge in [0.15, 0.2) is 0 Å². The van der Waals surface area contributed by atoms with E-state index in [1.807, 2.05) is 6.92 Å². The van der Waals surface area contributed by atoms with Crippen LogP contribution < -0.4 is 5.73 Å². The number of hydrogen-bond donors (Lipinski definition) is 1. The first-order chi connectivity index (χ1) is 6.79. The van der Waals surface area contributed by atoms with E-state index in [0.29, 0.717) is 6.04 Å². The first-order valence-corrected chi connectivity index (χ1v) is 7.54. The highest BCUT2D eigenvalue weighted by Gasteiger charge is 2.28. The van der Waals surface area contributed by atoms with Gasteiger partial charge in [-0.1, -0.05) is 0 Å². The molecule has 3 atom stereocenters. The molecule has 1 fully saturated rings. The van der Waals surface area contributed by atoms with Gasteiger partial charge in [-0.3, -0.25) is 4.90 Å². The predicted molar refractivity (Wildman–Crippen MR) is 62.6 cm³/mol. The molecule has 0 bridgehead atoms. The number of hydrogen-bond acceptors (Lipinski definition) is 4. The van der Waals surface area contributed by atoms with E-state index in [1.54, 1.807) is 0 Å². The van der Waals surface area contributed by atoms with Gasteiger partial charge in [-0.25, -0.2) is 8.42 Å². The van der Waals surface area contributed by atoms with E-state index in [0.717, 1.165) is 19.4 Å². The summed E-state index contributed by atoms with van der Waals surface area (Å²) in [5.41, 5.74) is 5.87. The molecule has 0 aromatic rings. The Labute approximate surface area is 92.7 Å². The summed E-state index contributed by atoms with van der Waals surface area (Å²) in [6.45, 7) is 5.02. The maximum atomic E-state index is 11.2. The molecule has 3 unspecified atom stereocenters. The number of rotatable bonds is 3. The molecule has 90 valence electrons. The van der Waals surface area contributed by atoms with Crippen LogP contribution in [-0.2, 0) is 9.84 Å². The fourth-order valence-electron chi connectivity index (χ4n) is 2.42. The molecule has 15 heavy (non-hydrogen) atoms. The minimum atomic E-state index is -2.88. The van der Waals surface area contributed by atoms with Crippen LogP contribution in [0.1, 0.15) is 26.7 Å². The molecule has 0 aliphatic carbocycles. The summed E-state index contributed by atoms with van der Waals surface area (Å²) in [5, 5.41) is 0. The Balaban J connectivity index is 2.56. The van der Waals surface area contributed by atoms with Crippen molar-refractivity contribution < 1.29 is 8.42 Å². The minimum absolute atomic E-state index is 0.0995. The van der Waals surface area contributed by atoms with Gasteiger partial charge >= 0.3 is 0 Å². The fourth-order valence-corrected chi connectivity index (χ4v) is 3.48. The number of nitrogens with two attached hydrogens (primary N) is 1. The third-order valence-corrected chi connectivity index (χ3v) is 4.17. The standard InChI is InChI=1S/C10H22N2O2S/c1-8-6-10(11)4-5-12(8)9(2)7-15(3,13)14/h8-10H,4-7,11H2,1-3H3. The number of likely N-dealkylation sites (tertiary alicyclic amines) is 1. The second-order valence-corrected chi connectivity index (χ2v) is 7.00. The van der Waals surface area contributed by atoms with E-state index in [9.17, 15) is 8.42 Å². The zero-order chi connectivity index (χ0) is 11.6. The second-order valence-electron chi connectivity index (χ2n) is 4.81. The Morgan fingerprint density at radius 1 is 1.53 bits per heavy atom. The fraction of sp³-hybridized carbons (Fsp3) is 1.00. The van der Waals surface area contributed by atoms with Crippen molar-refractivity contribution in [2.24, 2.45) is 5.73 Å². The third kappa shape index (κ3) is 4.09. The smallest absolute Gasteiger partial charge is 0.148 e. The molecule has 1 rings (SSSR count). The van der Waals surface area contributed by atoms with Gasteiger partial charge in [-0.15, -0.1) is 0 Å². The molecule has 1 saturated heterocycles. The largest absolute Gasteiger partial charge is 0.328 e. The summed E-state index contributed by atoms with van der Waals surface area (Å²) in [7, 11) is -2.88. The lowest BCUT2D eigenvalue weighted by molar-refractivity contribution is 0.114. The van der Waals surface area contributed by atoms with Gasteiger partial charge < -0.3 is 5.73 Å². The van der Waals surface area contributed by atoms with Crippen LogP contribution in [0.5, 0.6) is 0 Å². The summed E-state index contributed by atoms with van der Waals surface area (Å²) in [6, 6.07) is 0.773. The van der Waals surface area contributed by atoms with Crippen molar-refractivity contribution in [1.29, 1.82) is 0 Å². The zero-order valence-electron chi connectivity index (χ0n) is 9.81. The van der Waals surface area contributed by atoms with E-state index in [2.05, 4.69) is 11.8 Å². The molecule has 1 aliphatic heterocycles. The first kappa shape index (κ1) is 12.9. The molecule has 0 aromatic carbocycles. The summed E-state index contributed by atoms with van der Waals surface area (Å²) in [5.74, 6) is 0.243. The van der Waals surface area contributed by atoms with E-state index >= 15 is 0 Å². The van der Waals surface area contributed by atoms with Crippen LogP contribution in [0.25, 0.3) is 0 Å². The van der Waals surface area contributed by atoms with Crippen LogP contribution in [0.4, 0.5) is 0 Å². The van der Waals surface area contributed by atoms with Gasteiger partial charge in [0.2, 0.25) is 0 Å². The Bertz CT molecular complexity index is 303. The normalized spacial score (nSPS) is 31.5. The quantitative estimate of drug-likeness (QED) is 0.759. The average molecular weight is 234 g/mol. The maximum absolute atomic E-state index is 11.2. The van der Waals surface area contributed by atoms with Crippen LogP contribution in [0.3, 0.4) is 0 Å². The molecular weight excluding hydrogens is 212 g/mol. The number of piperidine rings is 1. The zero-order valence-corrected chi connectivity index (χ0v) is 10.6. The number of sulfone groups is 1. The van der Waals surface area contributed by atoms with E-state index in [4.69, 9.17) is 5.73 Å². The van der Waals surface area contributed by atoms with Gasteiger partial charge in [0.25, 0.3) is 0 Å². The summed E-state index contributed by atoms with van der Waals surface area (Å²) in [6.07, 6.45) is 3.23. The highest BCUT2D eigenvalue weighted by molar-refractivity contribution is 7.90. The van der Waals surface area contributed by atoms with Crippen molar-refractivity contribution in [2.75, 3.05) is 18.6 Å². The average Bonchev–Trinajstić information content (AvgIpc) is 1.99. The van der Waals surface area contributed by atoms with Crippen LogP contribution in [-0.4, -0.2) is 50.0 Å². The van der Waals surface area contributed by atoms with E-state index < -0.39 is 9.84 Å². The maximum Gasteiger partial charge on any atom is 0.148 e. The highest BCUT2D eigenvalue weighted by atomic mass is 32.2. The van der Waals surface area contributed by atoms with Crippen molar-refractivity contribution >= 4 is 9.84 Å². The van der Waals surface area contributed by atoms with Gasteiger partial charge in [0, 0.05) is 30.9 Å². The van der Waals surface area contributed by atoms with E-state index in [-0.39, 0.29) is 17.8 Å². The lowest BCUT2D eigenvalue weighted by Gasteiger charge is -2.40. The first-order valence-electron chi connectivity index (χ1n) is 5.48. The Morgan fingerprint density at radius 3 is 2.60 bits per heavy atom. The third-order valence-electron chi connectivity index (χ3n) is 3.08. The SMILES string of the molecule is CC1CC(N)CCN1C(C)CS(C)(=O)=O. The minimum Gasteiger partial charge on any atom is -0.328 e. The topological polar surface area (TPSA) is 63.4 Å². The summed E-state index contributed by atoms with van der Waals surface area (Å²) in [4.78, 5) is 2.25. The monoisotopic (exact) mass is 234 g/mol. The molecule has 1 aliphatic rings. The molecule has 0 amide bonds. The van der Waals surface area contributed by atoms with Gasteiger partial charge in [0.1, 0.15) is 9.84 Å². The molecule has 0 spiro atoms. The van der Waals surface area contributed by atoms with Gasteiger partial charge in [-0.2, -0.15) is 0 Å². The van der Waals surface area contributed by atoms with Crippen LogP contribution in [0.15, 0.2) is 0 Å². The molecular formula is C10H22N2O2S. The second kappa shape index (κ2) is 4.80. The van der Waals surface area contributed by atoms with Crippen molar-refractivity contribution in [3.05, 3.63) is 0 Å². The van der Waals surface area contributed by atoms with Crippen LogP contribution in [0.2, 0.25) is 0 Å². The molecule has 4 nitrogen and oxygen atoms in total. The molecule has 0 radical (unpaired) electrons. The van der Waals surface area contributed by atoms with Crippen molar-refractivity contribution in [3.8, 4) is 0 Å². The lowest BCUT2D eigenvalue weighted by atomic mass is 9.98. The molecule has 0 saturated carbocycles. The van der Waals surface area contributed by atoms with Crippen molar-refractivity contribution in [1.82, 2.24) is 4.90 Å². The summed E-state index contributed by atoms with van der Waals surface area (Å²) >= 11 is 0. The Kier molecular flexibility index (Phi) is 4.14. The highest BCUT2D eigenvalue weighted by Crippen LogP contribution is 2.19. The molecule has 5 heteroatoms. The molecule has 1 heterocycles.